The summed E-state index contributed by atoms with van der Waals surface area (Å²) >= 11 is 0. The van der Waals surface area contributed by atoms with E-state index in [0.29, 0.717) is 29.5 Å². The summed E-state index contributed by atoms with van der Waals surface area (Å²) in [6.07, 6.45) is 4.21. The number of hydrogen-bond donors (Lipinski definition) is 0. The van der Waals surface area contributed by atoms with Crippen molar-refractivity contribution >= 4 is 5.78 Å². The first-order chi connectivity index (χ1) is 7.56. The Bertz CT molecular complexity index is 303. The molecule has 1 heteroatoms. The largest absolute Gasteiger partial charge is 0.299 e. The molecule has 2 fully saturated rings. The third-order valence-electron chi connectivity index (χ3n) is 4.88. The number of Topliss-reactive ketones (excluding diaryl/α,β-unsaturated/α-hetero) is 1. The molecule has 0 heterocycles. The van der Waals surface area contributed by atoms with Gasteiger partial charge in [0.05, 0.1) is 0 Å². The molecule has 0 amide bonds. The van der Waals surface area contributed by atoms with Crippen molar-refractivity contribution in [1.82, 2.24) is 0 Å². The molecule has 90 valence electrons. The molecule has 2 rings (SSSR count). The van der Waals surface area contributed by atoms with Gasteiger partial charge in [0.15, 0.2) is 0 Å². The molecule has 0 N–H and O–H groups in total. The summed E-state index contributed by atoms with van der Waals surface area (Å²) in [5, 5.41) is 0. The van der Waals surface area contributed by atoms with Gasteiger partial charge in [0.2, 0.25) is 0 Å². The topological polar surface area (TPSA) is 17.1 Å². The van der Waals surface area contributed by atoms with Crippen molar-refractivity contribution in [1.29, 1.82) is 0 Å². The predicted octanol–water partition coefficient (Wildman–Crippen LogP) is 3.84. The van der Waals surface area contributed by atoms with Crippen LogP contribution in [0.2, 0.25) is 0 Å². The summed E-state index contributed by atoms with van der Waals surface area (Å²) in [5.74, 6) is 3.41. The lowest BCUT2D eigenvalue weighted by Gasteiger charge is -2.39. The van der Waals surface area contributed by atoms with Crippen molar-refractivity contribution in [3.05, 3.63) is 12.2 Å². The maximum Gasteiger partial charge on any atom is 0.136 e. The van der Waals surface area contributed by atoms with E-state index in [1.54, 1.807) is 0 Å². The Morgan fingerprint density at radius 3 is 2.69 bits per heavy atom. The summed E-state index contributed by atoms with van der Waals surface area (Å²) < 4.78 is 0. The van der Waals surface area contributed by atoms with Gasteiger partial charge in [-0.2, -0.15) is 0 Å². The van der Waals surface area contributed by atoms with Crippen molar-refractivity contribution in [2.45, 2.75) is 46.5 Å². The Morgan fingerprint density at radius 2 is 2.12 bits per heavy atom. The molecule has 2 saturated carbocycles. The molecule has 0 radical (unpaired) electrons. The van der Waals surface area contributed by atoms with Gasteiger partial charge in [0.1, 0.15) is 5.78 Å². The summed E-state index contributed by atoms with van der Waals surface area (Å²) in [5.41, 5.74) is 1.35. The highest BCUT2D eigenvalue weighted by molar-refractivity contribution is 5.84. The Balaban J connectivity index is 2.28. The molecule has 2 aliphatic carbocycles. The molecule has 0 unspecified atom stereocenters. The number of ketones is 1. The zero-order chi connectivity index (χ0) is 11.9. The van der Waals surface area contributed by atoms with Crippen LogP contribution in [0.4, 0.5) is 0 Å². The molecule has 0 aromatic heterocycles. The molecule has 0 aliphatic heterocycles. The first-order valence-corrected chi connectivity index (χ1v) is 6.76. The van der Waals surface area contributed by atoms with Gasteiger partial charge in [-0.05, 0) is 42.9 Å². The second kappa shape index (κ2) is 4.35. The van der Waals surface area contributed by atoms with Gasteiger partial charge < -0.3 is 0 Å². The molecular formula is C15H24O. The fourth-order valence-electron chi connectivity index (χ4n) is 4.02. The van der Waals surface area contributed by atoms with E-state index in [4.69, 9.17) is 0 Å². The van der Waals surface area contributed by atoms with E-state index < -0.39 is 0 Å². The van der Waals surface area contributed by atoms with Crippen LogP contribution in [0.1, 0.15) is 46.5 Å². The summed E-state index contributed by atoms with van der Waals surface area (Å²) in [6.45, 7) is 11.0. The molecule has 4 atom stereocenters. The lowest BCUT2D eigenvalue weighted by Crippen LogP contribution is -2.33. The number of fused-ring (bicyclic) bond motifs is 1. The van der Waals surface area contributed by atoms with E-state index in [-0.39, 0.29) is 0 Å². The van der Waals surface area contributed by atoms with E-state index in [0.717, 1.165) is 25.2 Å². The molecule has 1 nitrogen and oxygen atoms in total. The van der Waals surface area contributed by atoms with Crippen molar-refractivity contribution in [3.8, 4) is 0 Å². The van der Waals surface area contributed by atoms with Gasteiger partial charge in [-0.3, -0.25) is 4.79 Å². The Labute approximate surface area is 99.3 Å². The van der Waals surface area contributed by atoms with E-state index in [1.165, 1.54) is 12.0 Å². The number of carbonyl (C=O) groups excluding carboxylic acids is 1. The minimum absolute atomic E-state index is 0.328. The van der Waals surface area contributed by atoms with Crippen LogP contribution >= 0.6 is 0 Å². The SMILES string of the molecule is C=C1CC[C@@H](C(C)C)[C@@H]2[C@H](CC)C(=O)C[C@@H]12. The van der Waals surface area contributed by atoms with Crippen LogP contribution in [0.5, 0.6) is 0 Å². The molecule has 0 bridgehead atoms. The van der Waals surface area contributed by atoms with E-state index in [9.17, 15) is 4.79 Å². The highest BCUT2D eigenvalue weighted by Crippen LogP contribution is 2.52. The molecule has 2 aliphatic rings. The van der Waals surface area contributed by atoms with E-state index >= 15 is 0 Å². The maximum absolute atomic E-state index is 12.0. The number of carbonyl (C=O) groups is 1. The summed E-state index contributed by atoms with van der Waals surface area (Å²) in [7, 11) is 0. The molecule has 0 saturated heterocycles. The molecule has 16 heavy (non-hydrogen) atoms. The van der Waals surface area contributed by atoms with Crippen LogP contribution in [0.15, 0.2) is 12.2 Å². The minimum Gasteiger partial charge on any atom is -0.299 e. The smallest absolute Gasteiger partial charge is 0.136 e. The predicted molar refractivity (Wildman–Crippen MR) is 67.1 cm³/mol. The second-order valence-corrected chi connectivity index (χ2v) is 5.97. The number of hydrogen-bond acceptors (Lipinski definition) is 1. The van der Waals surface area contributed by atoms with Crippen molar-refractivity contribution < 1.29 is 4.79 Å². The number of allylic oxidation sites excluding steroid dienone is 1. The monoisotopic (exact) mass is 220 g/mol. The molecule has 0 spiro atoms. The van der Waals surface area contributed by atoms with Gasteiger partial charge >= 0.3 is 0 Å². The van der Waals surface area contributed by atoms with Crippen LogP contribution in [-0.2, 0) is 4.79 Å². The van der Waals surface area contributed by atoms with Gasteiger partial charge in [-0.15, -0.1) is 0 Å². The average molecular weight is 220 g/mol. The highest BCUT2D eigenvalue weighted by atomic mass is 16.1. The first kappa shape index (κ1) is 11.9. The van der Waals surface area contributed by atoms with E-state index in [1.807, 2.05) is 0 Å². The van der Waals surface area contributed by atoms with Crippen LogP contribution in [0.25, 0.3) is 0 Å². The maximum atomic E-state index is 12.0. The Kier molecular flexibility index (Phi) is 3.23. The second-order valence-electron chi connectivity index (χ2n) is 5.97. The number of rotatable bonds is 2. The standard InChI is InChI=1S/C15H24O/c1-5-11-14(16)8-13-10(4)6-7-12(9(2)3)15(11)13/h9,11-13,15H,4-8H2,1-3H3/t11-,12+,13+,15+/m1/s1. The summed E-state index contributed by atoms with van der Waals surface area (Å²) in [4.78, 5) is 12.0. The fraction of sp³-hybridized carbons (Fsp3) is 0.800. The van der Waals surface area contributed by atoms with Crippen LogP contribution in [0.3, 0.4) is 0 Å². The van der Waals surface area contributed by atoms with Crippen LogP contribution in [-0.4, -0.2) is 5.78 Å². The fourth-order valence-corrected chi connectivity index (χ4v) is 4.02. The van der Waals surface area contributed by atoms with Crippen molar-refractivity contribution in [3.63, 3.8) is 0 Å². The van der Waals surface area contributed by atoms with Gasteiger partial charge in [-0.1, -0.05) is 32.9 Å². The highest BCUT2D eigenvalue weighted by Gasteiger charge is 2.48. The minimum atomic E-state index is 0.328. The summed E-state index contributed by atoms with van der Waals surface area (Å²) in [6, 6.07) is 0. The van der Waals surface area contributed by atoms with Gasteiger partial charge in [0.25, 0.3) is 0 Å². The van der Waals surface area contributed by atoms with E-state index in [2.05, 4.69) is 27.4 Å². The Morgan fingerprint density at radius 1 is 1.44 bits per heavy atom. The van der Waals surface area contributed by atoms with Gasteiger partial charge in [-0.25, -0.2) is 0 Å². The zero-order valence-electron chi connectivity index (χ0n) is 10.8. The normalized spacial score (nSPS) is 39.2. The first-order valence-electron chi connectivity index (χ1n) is 6.76. The lowest BCUT2D eigenvalue weighted by molar-refractivity contribution is -0.121. The molecule has 0 aromatic rings. The van der Waals surface area contributed by atoms with Gasteiger partial charge in [0, 0.05) is 12.3 Å². The third-order valence-corrected chi connectivity index (χ3v) is 4.88. The van der Waals surface area contributed by atoms with Crippen molar-refractivity contribution in [2.75, 3.05) is 0 Å². The molecule has 0 aromatic carbocycles. The average Bonchev–Trinajstić information content (AvgIpc) is 2.55. The quantitative estimate of drug-likeness (QED) is 0.646. The Hall–Kier alpha value is -0.590. The zero-order valence-corrected chi connectivity index (χ0v) is 10.8. The third kappa shape index (κ3) is 1.74. The molecular weight excluding hydrogens is 196 g/mol. The van der Waals surface area contributed by atoms with Crippen LogP contribution < -0.4 is 0 Å². The van der Waals surface area contributed by atoms with Crippen molar-refractivity contribution in [2.24, 2.45) is 29.6 Å². The lowest BCUT2D eigenvalue weighted by atomic mass is 9.65. The van der Waals surface area contributed by atoms with Crippen LogP contribution in [0, 0.1) is 29.6 Å².